The predicted molar refractivity (Wildman–Crippen MR) is 323 cm³/mol. The molecule has 0 aliphatic carbocycles. The molecule has 0 saturated carbocycles. The van der Waals surface area contributed by atoms with E-state index in [1.165, 1.54) is 45.6 Å². The maximum Gasteiger partial charge on any atom is 0.340 e. The van der Waals surface area contributed by atoms with Crippen LogP contribution < -0.4 is 50.8 Å². The van der Waals surface area contributed by atoms with Gasteiger partial charge in [0.1, 0.15) is 41.1 Å². The van der Waals surface area contributed by atoms with E-state index >= 15 is 0 Å². The number of aromatic hydroxyl groups is 2. The van der Waals surface area contributed by atoms with Crippen molar-refractivity contribution in [3.8, 4) is 51.4 Å². The van der Waals surface area contributed by atoms with Crippen LogP contribution in [0.1, 0.15) is 86.5 Å². The van der Waals surface area contributed by atoms with Crippen molar-refractivity contribution in [3.63, 3.8) is 0 Å². The van der Waals surface area contributed by atoms with Crippen LogP contribution in [0.25, 0.3) is 22.2 Å². The molecule has 1 aromatic heterocycles. The number of hydrogen-bond acceptors (Lipinski definition) is 17. The first-order valence-electron chi connectivity index (χ1n) is 27.7. The van der Waals surface area contributed by atoms with Gasteiger partial charge in [0.15, 0.2) is 22.2 Å². The van der Waals surface area contributed by atoms with Gasteiger partial charge in [0.25, 0.3) is 5.91 Å². The zero-order valence-electron chi connectivity index (χ0n) is 48.3. The number of hydrogen-bond donors (Lipinski definition) is 10. The Balaban J connectivity index is 0.753. The Kier molecular flexibility index (Phi) is 18.9. The first-order chi connectivity index (χ1) is 42.2. The van der Waals surface area contributed by atoms with Crippen molar-refractivity contribution in [1.29, 1.82) is 0 Å². The third-order valence-corrected chi connectivity index (χ3v) is 15.1. The summed E-state index contributed by atoms with van der Waals surface area (Å²) in [5.41, 5.74) is 5.53. The molecule has 0 radical (unpaired) electrons. The van der Waals surface area contributed by atoms with Crippen LogP contribution in [0.4, 0.5) is 5.69 Å². The molecule has 3 heterocycles. The van der Waals surface area contributed by atoms with E-state index in [2.05, 4.69) is 41.9 Å². The largest absolute Gasteiger partial charge is 0.508 e. The second-order valence-electron chi connectivity index (χ2n) is 20.8. The van der Waals surface area contributed by atoms with Crippen LogP contribution in [0.2, 0.25) is 0 Å². The van der Waals surface area contributed by atoms with Gasteiger partial charge >= 0.3 is 17.9 Å². The van der Waals surface area contributed by atoms with Crippen LogP contribution in [0, 0.1) is 13.8 Å². The number of benzene rings is 6. The van der Waals surface area contributed by atoms with E-state index < -0.39 is 78.1 Å². The summed E-state index contributed by atoms with van der Waals surface area (Å²) < 4.78 is 28.6. The van der Waals surface area contributed by atoms with Crippen LogP contribution in [-0.4, -0.2) is 130 Å². The van der Waals surface area contributed by atoms with Crippen molar-refractivity contribution in [2.24, 2.45) is 0 Å². The first kappa shape index (κ1) is 62.0. The number of esters is 1. The molecule has 9 rings (SSSR count). The number of nitrogens with one attached hydrogen (secondary N) is 6. The maximum absolute atomic E-state index is 13.9. The number of amides is 4. The molecule has 0 saturated heterocycles. The number of carbonyl (C=O) groups is 7. The lowest BCUT2D eigenvalue weighted by atomic mass is 9.77. The Morgan fingerprint density at radius 2 is 1.26 bits per heavy atom. The summed E-state index contributed by atoms with van der Waals surface area (Å²) in [4.78, 5) is 101. The molecule has 3 atom stereocenters. The minimum absolute atomic E-state index is 0.00893. The summed E-state index contributed by atoms with van der Waals surface area (Å²) >= 11 is 5.50. The van der Waals surface area contributed by atoms with Gasteiger partial charge in [0, 0.05) is 66.0 Å². The molecule has 10 N–H and O–H groups in total. The molecule has 0 fully saturated rings. The number of fused-ring (bicyclic) bond motifs is 7. The van der Waals surface area contributed by atoms with E-state index in [0.29, 0.717) is 68.3 Å². The molecule has 1 spiro atoms. The van der Waals surface area contributed by atoms with Gasteiger partial charge in [-0.25, -0.2) is 24.4 Å². The molecule has 2 aliphatic rings. The van der Waals surface area contributed by atoms with E-state index in [1.54, 1.807) is 79.7 Å². The number of phenolic OH excluding ortho intramolecular Hbond substituents is 2. The summed E-state index contributed by atoms with van der Waals surface area (Å²) in [6, 6.07) is 25.1. The van der Waals surface area contributed by atoms with E-state index in [9.17, 15) is 54.0 Å². The van der Waals surface area contributed by atoms with Crippen molar-refractivity contribution in [2.45, 2.75) is 76.1 Å². The van der Waals surface area contributed by atoms with Crippen molar-refractivity contribution in [2.75, 3.05) is 39.7 Å². The molecule has 6 aromatic carbocycles. The third kappa shape index (κ3) is 13.7. The highest BCUT2D eigenvalue weighted by molar-refractivity contribution is 7.80. The van der Waals surface area contributed by atoms with Crippen molar-refractivity contribution >= 4 is 75.6 Å². The number of phenols is 2. The Labute approximate surface area is 508 Å². The number of methoxy groups -OCH3 is 3. The number of ether oxygens (including phenoxy) is 5. The van der Waals surface area contributed by atoms with Crippen LogP contribution in [-0.2, 0) is 40.7 Å². The fourth-order valence-corrected chi connectivity index (χ4v) is 10.6. The maximum atomic E-state index is 13.9. The van der Waals surface area contributed by atoms with E-state index in [-0.39, 0.29) is 71.6 Å². The predicted octanol–water partition coefficient (Wildman–Crippen LogP) is 6.45. The highest BCUT2D eigenvalue weighted by atomic mass is 32.1. The molecule has 4 amide bonds. The highest BCUT2D eigenvalue weighted by Crippen LogP contribution is 2.57. The van der Waals surface area contributed by atoms with Gasteiger partial charge in [-0.3, -0.25) is 19.2 Å². The standard InChI is InChI=1S/C63H62N8O16S/c1-32-33(2)67-47-25-36(13-20-45(47)66-32)57(76)71-48(24-34-9-11-35(12-10-34)37-26-52(83-3)56(85-5)53(27-37)84-4)58(77)64-23-21-54(74)70-49(60(80)81)31-55(75)69-46(59(78)79)8-6-7-22-65-62(88)68-38-14-17-42-41(28-38)61(82)87-63(42)43-18-15-39(72)29-50(43)86-51-30-40(73)16-19-44(51)63/h9-20,25-30,46,48-49,72-73H,6-8,21-24,31H2,1-5H3,(H,64,77)(H,69,75)(H,70,74)(H,71,76)(H,78,79)(H,80,81)(H2,65,68,88)/t46-,48-,49-/m1/s1. The topological polar surface area (TPSA) is 345 Å². The lowest BCUT2D eigenvalue weighted by Gasteiger charge is -2.36. The Morgan fingerprint density at radius 1 is 0.636 bits per heavy atom. The third-order valence-electron chi connectivity index (χ3n) is 14.9. The summed E-state index contributed by atoms with van der Waals surface area (Å²) in [5, 5.41) is 56.6. The molecule has 25 heteroatoms. The number of aromatic nitrogens is 2. The fraction of sp³-hybridized carbons (Fsp3) is 0.270. The minimum atomic E-state index is -1.76. The number of carbonyl (C=O) groups excluding carboxylic acids is 5. The first-order valence-corrected chi connectivity index (χ1v) is 28.1. The monoisotopic (exact) mass is 1220 g/mol. The van der Waals surface area contributed by atoms with Gasteiger partial charge in [-0.05, 0) is 129 Å². The number of rotatable bonds is 24. The van der Waals surface area contributed by atoms with Crippen LogP contribution in [0.3, 0.4) is 0 Å². The molecule has 2 aliphatic heterocycles. The van der Waals surface area contributed by atoms with Crippen molar-refractivity contribution in [1.82, 2.24) is 36.6 Å². The number of unbranched alkanes of at least 4 members (excludes halogenated alkanes) is 1. The summed E-state index contributed by atoms with van der Waals surface area (Å²) in [6.45, 7) is 3.60. The lowest BCUT2D eigenvalue weighted by Crippen LogP contribution is -2.49. The van der Waals surface area contributed by atoms with Crippen molar-refractivity contribution in [3.05, 3.63) is 154 Å². The number of carboxylic acids is 2. The SMILES string of the molecule is COc1cc(-c2ccc(C[C@@H](NC(=O)c3ccc4nc(C)c(C)nc4c3)C(=O)NCCC(=O)N[C@H](CC(=O)N[C@H](CCCCNC(=S)Nc3ccc4c(c3)C(=O)OC43c4ccc(O)cc4Oc4cc(O)ccc43)C(=O)O)C(=O)O)cc2)cc(OC)c1OC. The molecular weight excluding hydrogens is 1160 g/mol. The minimum Gasteiger partial charge on any atom is -0.508 e. The van der Waals surface area contributed by atoms with E-state index in [0.717, 1.165) is 16.8 Å². The average Bonchev–Trinajstić information content (AvgIpc) is 1.48. The van der Waals surface area contributed by atoms with Gasteiger partial charge < -0.3 is 76.0 Å². The summed E-state index contributed by atoms with van der Waals surface area (Å²) in [6.07, 6.45) is -0.618. The van der Waals surface area contributed by atoms with Crippen LogP contribution >= 0.6 is 12.2 Å². The van der Waals surface area contributed by atoms with Crippen molar-refractivity contribution < 1.29 is 77.7 Å². The van der Waals surface area contributed by atoms with Gasteiger partial charge in [-0.2, -0.15) is 0 Å². The Hall–Kier alpha value is -10.6. The molecule has 24 nitrogen and oxygen atoms in total. The van der Waals surface area contributed by atoms with Gasteiger partial charge in [-0.15, -0.1) is 0 Å². The number of anilines is 1. The summed E-state index contributed by atoms with van der Waals surface area (Å²) in [7, 11) is 4.52. The van der Waals surface area contributed by atoms with E-state index in [4.69, 9.17) is 35.9 Å². The average molecular weight is 1220 g/mol. The van der Waals surface area contributed by atoms with Gasteiger partial charge in [0.05, 0.1) is 55.7 Å². The number of aliphatic carboxylic acids is 2. The zero-order valence-corrected chi connectivity index (χ0v) is 49.1. The molecule has 0 bridgehead atoms. The number of aryl methyl sites for hydroxylation is 2. The second kappa shape index (κ2) is 26.8. The number of carboxylic acid groups (broad SMARTS) is 2. The molecule has 456 valence electrons. The number of nitrogens with zero attached hydrogens (tertiary/aromatic N) is 2. The molecular formula is C63H62N8O16S. The van der Waals surface area contributed by atoms with E-state index in [1.807, 2.05) is 19.1 Å². The number of thiocarbonyl (C=S) groups is 1. The molecule has 0 unspecified atom stereocenters. The Morgan fingerprint density at radius 3 is 1.89 bits per heavy atom. The van der Waals surface area contributed by atoms with Gasteiger partial charge in [-0.1, -0.05) is 30.3 Å². The lowest BCUT2D eigenvalue weighted by molar-refractivity contribution is -0.144. The summed E-state index contributed by atoms with van der Waals surface area (Å²) in [5.74, 6) is -4.98. The smallest absolute Gasteiger partial charge is 0.340 e. The molecule has 7 aromatic rings. The highest BCUT2D eigenvalue weighted by Gasteiger charge is 2.54. The normalized spacial score (nSPS) is 13.4. The molecule has 88 heavy (non-hydrogen) atoms. The Bertz CT molecular complexity index is 3840. The van der Waals surface area contributed by atoms with Gasteiger partial charge in [0.2, 0.25) is 23.5 Å². The van der Waals surface area contributed by atoms with Crippen LogP contribution in [0.5, 0.6) is 40.2 Å². The quantitative estimate of drug-likeness (QED) is 0.0176. The van der Waals surface area contributed by atoms with Crippen LogP contribution in [0.15, 0.2) is 109 Å². The fourth-order valence-electron chi connectivity index (χ4n) is 10.4. The second-order valence-corrected chi connectivity index (χ2v) is 21.2. The zero-order chi connectivity index (χ0) is 63.0.